The van der Waals surface area contributed by atoms with Crippen molar-refractivity contribution in [3.8, 4) is 0 Å². The molecule has 1 heterocycles. The molecule has 0 aliphatic rings. The molecular weight excluding hydrogens is 255 g/mol. The molecule has 0 saturated heterocycles. The highest BCUT2D eigenvalue weighted by Crippen LogP contribution is 2.21. The van der Waals surface area contributed by atoms with Gasteiger partial charge in [0.1, 0.15) is 16.9 Å². The zero-order valence-electron chi connectivity index (χ0n) is 6.71. The first-order valence-corrected chi connectivity index (χ1v) is 4.46. The molecule has 14 heavy (non-hydrogen) atoms. The summed E-state index contributed by atoms with van der Waals surface area (Å²) < 4.78 is 13.5. The van der Waals surface area contributed by atoms with Crippen LogP contribution in [0.2, 0.25) is 0 Å². The number of carbonyl (C=O) groups is 1. The molecule has 1 aromatic heterocycles. The molecule has 2 N–H and O–H groups in total. The summed E-state index contributed by atoms with van der Waals surface area (Å²) in [5.41, 5.74) is 0.185. The Balaban J connectivity index is 2.88. The van der Waals surface area contributed by atoms with Crippen molar-refractivity contribution in [2.45, 2.75) is 0 Å². The highest BCUT2D eigenvalue weighted by atomic mass is 79.9. The Kier molecular flexibility index (Phi) is 1.99. The summed E-state index contributed by atoms with van der Waals surface area (Å²) in [6, 6.07) is 2.53. The Morgan fingerprint density at radius 1 is 1.57 bits per heavy atom. The van der Waals surface area contributed by atoms with Gasteiger partial charge in [-0.25, -0.2) is 14.2 Å². The Labute approximate surface area is 85.9 Å². The van der Waals surface area contributed by atoms with Gasteiger partial charge in [-0.2, -0.15) is 0 Å². The van der Waals surface area contributed by atoms with Crippen LogP contribution in [-0.4, -0.2) is 21.0 Å². The highest BCUT2D eigenvalue weighted by Gasteiger charge is 2.17. The Morgan fingerprint density at radius 3 is 2.93 bits per heavy atom. The molecule has 0 bridgehead atoms. The molecule has 1 aromatic carbocycles. The van der Waals surface area contributed by atoms with Crippen LogP contribution >= 0.6 is 15.9 Å². The third-order valence-corrected chi connectivity index (χ3v) is 2.16. The van der Waals surface area contributed by atoms with Gasteiger partial charge in [-0.05, 0) is 28.1 Å². The molecule has 0 aliphatic carbocycles. The number of benzene rings is 1. The summed E-state index contributed by atoms with van der Waals surface area (Å²) in [4.78, 5) is 17.3. The lowest BCUT2D eigenvalue weighted by Crippen LogP contribution is -2.01. The average molecular weight is 259 g/mol. The third kappa shape index (κ3) is 1.27. The van der Waals surface area contributed by atoms with Crippen molar-refractivity contribution >= 4 is 32.9 Å². The van der Waals surface area contributed by atoms with Crippen LogP contribution in [0.15, 0.2) is 16.9 Å². The van der Waals surface area contributed by atoms with Crippen molar-refractivity contribution in [3.63, 3.8) is 0 Å². The number of carboxylic acid groups (broad SMARTS) is 1. The zero-order valence-corrected chi connectivity index (χ0v) is 8.30. The number of hydrogen-bond donors (Lipinski definition) is 2. The first-order chi connectivity index (χ1) is 6.59. The van der Waals surface area contributed by atoms with Crippen LogP contribution in [0.3, 0.4) is 0 Å². The van der Waals surface area contributed by atoms with Crippen molar-refractivity contribution in [1.82, 2.24) is 9.97 Å². The molecule has 0 saturated carbocycles. The van der Waals surface area contributed by atoms with Crippen molar-refractivity contribution in [2.24, 2.45) is 0 Å². The van der Waals surface area contributed by atoms with Crippen LogP contribution in [0.1, 0.15) is 10.4 Å². The summed E-state index contributed by atoms with van der Waals surface area (Å²) in [5, 5.41) is 8.76. The molecule has 0 spiro atoms. The van der Waals surface area contributed by atoms with Crippen LogP contribution in [0, 0.1) is 5.82 Å². The van der Waals surface area contributed by atoms with E-state index in [0.717, 1.165) is 6.07 Å². The Morgan fingerprint density at radius 2 is 2.29 bits per heavy atom. The standard InChI is InChI=1S/C8H4BrFN2O2/c9-8-11-4-2-1-3(10)5(7(13)14)6(4)12-8/h1-2H,(H,11,12)(H,13,14). The van der Waals surface area contributed by atoms with Crippen LogP contribution in [0.25, 0.3) is 11.0 Å². The second-order valence-electron chi connectivity index (χ2n) is 2.65. The monoisotopic (exact) mass is 258 g/mol. The number of hydrogen-bond acceptors (Lipinski definition) is 2. The van der Waals surface area contributed by atoms with Gasteiger partial charge < -0.3 is 10.1 Å². The highest BCUT2D eigenvalue weighted by molar-refractivity contribution is 9.10. The van der Waals surface area contributed by atoms with E-state index in [9.17, 15) is 9.18 Å². The predicted molar refractivity (Wildman–Crippen MR) is 50.7 cm³/mol. The maximum Gasteiger partial charge on any atom is 0.340 e. The van der Waals surface area contributed by atoms with Gasteiger partial charge in [-0.1, -0.05) is 0 Å². The van der Waals surface area contributed by atoms with E-state index in [4.69, 9.17) is 5.11 Å². The number of H-pyrrole nitrogens is 1. The Hall–Kier alpha value is -1.43. The molecule has 0 amide bonds. The number of carboxylic acids is 1. The number of nitrogens with zero attached hydrogens (tertiary/aromatic N) is 1. The second kappa shape index (κ2) is 3.06. The minimum atomic E-state index is -1.33. The van der Waals surface area contributed by atoms with Crippen molar-refractivity contribution < 1.29 is 14.3 Å². The first-order valence-electron chi connectivity index (χ1n) is 3.66. The van der Waals surface area contributed by atoms with Crippen LogP contribution in [-0.2, 0) is 0 Å². The summed E-state index contributed by atoms with van der Waals surface area (Å²) in [5.74, 6) is -2.11. The maximum atomic E-state index is 13.1. The van der Waals surface area contributed by atoms with E-state index in [-0.39, 0.29) is 5.52 Å². The smallest absolute Gasteiger partial charge is 0.340 e. The maximum absolute atomic E-state index is 13.1. The first kappa shape index (κ1) is 9.14. The SMILES string of the molecule is O=C(O)c1c(F)ccc2[nH]c(Br)nc12. The predicted octanol–water partition coefficient (Wildman–Crippen LogP) is 2.16. The van der Waals surface area contributed by atoms with Gasteiger partial charge in [0, 0.05) is 0 Å². The fraction of sp³-hybridized carbons (Fsp3) is 0. The molecule has 0 unspecified atom stereocenters. The minimum Gasteiger partial charge on any atom is -0.478 e. The average Bonchev–Trinajstić information content (AvgIpc) is 2.43. The third-order valence-electron chi connectivity index (χ3n) is 1.79. The number of aromatic amines is 1. The lowest BCUT2D eigenvalue weighted by atomic mass is 10.2. The van der Waals surface area contributed by atoms with E-state index >= 15 is 0 Å². The van der Waals surface area contributed by atoms with Crippen LogP contribution < -0.4 is 0 Å². The summed E-state index contributed by atoms with van der Waals surface area (Å²) in [7, 11) is 0. The molecule has 72 valence electrons. The molecule has 0 fully saturated rings. The zero-order chi connectivity index (χ0) is 10.3. The van der Waals surface area contributed by atoms with Gasteiger partial charge in [0.05, 0.1) is 5.52 Å². The number of nitrogens with one attached hydrogen (secondary N) is 1. The molecule has 2 rings (SSSR count). The fourth-order valence-corrected chi connectivity index (χ4v) is 1.62. The van der Waals surface area contributed by atoms with Crippen molar-refractivity contribution in [3.05, 3.63) is 28.2 Å². The topological polar surface area (TPSA) is 66.0 Å². The van der Waals surface area contributed by atoms with Gasteiger partial charge in [0.25, 0.3) is 0 Å². The van der Waals surface area contributed by atoms with E-state index in [2.05, 4.69) is 25.9 Å². The van der Waals surface area contributed by atoms with Gasteiger partial charge in [-0.15, -0.1) is 0 Å². The normalized spacial score (nSPS) is 10.7. The number of aromatic nitrogens is 2. The van der Waals surface area contributed by atoms with E-state index < -0.39 is 17.3 Å². The van der Waals surface area contributed by atoms with E-state index in [0.29, 0.717) is 10.3 Å². The van der Waals surface area contributed by atoms with E-state index in [1.807, 2.05) is 0 Å². The quantitative estimate of drug-likeness (QED) is 0.824. The largest absolute Gasteiger partial charge is 0.478 e. The number of rotatable bonds is 1. The second-order valence-corrected chi connectivity index (χ2v) is 3.40. The van der Waals surface area contributed by atoms with E-state index in [1.54, 1.807) is 0 Å². The lowest BCUT2D eigenvalue weighted by molar-refractivity contribution is 0.0694. The van der Waals surface area contributed by atoms with Crippen molar-refractivity contribution in [1.29, 1.82) is 0 Å². The van der Waals surface area contributed by atoms with Crippen LogP contribution in [0.4, 0.5) is 4.39 Å². The molecule has 0 aliphatic heterocycles. The van der Waals surface area contributed by atoms with Gasteiger partial charge in [-0.3, -0.25) is 0 Å². The van der Waals surface area contributed by atoms with Gasteiger partial charge in [0.15, 0.2) is 4.73 Å². The molecular formula is C8H4BrFN2O2. The molecule has 0 atom stereocenters. The number of aromatic carboxylic acids is 1. The van der Waals surface area contributed by atoms with Crippen LogP contribution in [0.5, 0.6) is 0 Å². The minimum absolute atomic E-state index is 0.115. The number of fused-ring (bicyclic) bond motifs is 1. The summed E-state index contributed by atoms with van der Waals surface area (Å²) in [6.07, 6.45) is 0. The fourth-order valence-electron chi connectivity index (χ4n) is 1.22. The van der Waals surface area contributed by atoms with Gasteiger partial charge in [0.2, 0.25) is 0 Å². The molecule has 2 aromatic rings. The van der Waals surface area contributed by atoms with E-state index in [1.165, 1.54) is 6.07 Å². The number of halogens is 2. The van der Waals surface area contributed by atoms with Gasteiger partial charge >= 0.3 is 5.97 Å². The lowest BCUT2D eigenvalue weighted by Gasteiger charge is -1.96. The summed E-state index contributed by atoms with van der Waals surface area (Å²) >= 11 is 3.05. The molecule has 0 radical (unpaired) electrons. The van der Waals surface area contributed by atoms with Crippen molar-refractivity contribution in [2.75, 3.05) is 0 Å². The number of imidazole rings is 1. The Bertz CT molecular complexity index is 523. The summed E-state index contributed by atoms with van der Waals surface area (Å²) in [6.45, 7) is 0. The molecule has 4 nitrogen and oxygen atoms in total. The molecule has 6 heteroatoms.